The number of H-pyrrole nitrogens is 1. The van der Waals surface area contributed by atoms with Gasteiger partial charge in [-0.2, -0.15) is 0 Å². The number of aromatic amines is 1. The van der Waals surface area contributed by atoms with Crippen molar-refractivity contribution < 1.29 is 14.3 Å². The van der Waals surface area contributed by atoms with E-state index >= 15 is 0 Å². The van der Waals surface area contributed by atoms with Gasteiger partial charge in [-0.15, -0.1) is 0 Å². The van der Waals surface area contributed by atoms with Gasteiger partial charge < -0.3 is 24.3 Å². The maximum absolute atomic E-state index is 12.0. The summed E-state index contributed by atoms with van der Waals surface area (Å²) in [6.45, 7) is 2.93. The van der Waals surface area contributed by atoms with Gasteiger partial charge in [0.1, 0.15) is 17.1 Å². The van der Waals surface area contributed by atoms with Crippen LogP contribution < -0.4 is 15.6 Å². The standard InChI is InChI=1S/C26H26N4O4/c1-16(31)27-19-4-6-20(7-5-19)34-25-21(18-3-10-23(32)30(2)15-18)8-9-22-24(25)29-26(28-22)17-11-13-33-14-12-17/h3-10,15,17H,11-14H2,1-2H3,(H,27,31)(H,28,29). The number of fused-ring (bicyclic) bond motifs is 1. The monoisotopic (exact) mass is 458 g/mol. The van der Waals surface area contributed by atoms with Crippen LogP contribution in [0, 0.1) is 0 Å². The average Bonchev–Trinajstić information content (AvgIpc) is 3.28. The highest BCUT2D eigenvalue weighted by Gasteiger charge is 2.22. The summed E-state index contributed by atoms with van der Waals surface area (Å²) >= 11 is 0. The largest absolute Gasteiger partial charge is 0.454 e. The molecular weight excluding hydrogens is 432 g/mol. The summed E-state index contributed by atoms with van der Waals surface area (Å²) in [4.78, 5) is 31.7. The van der Waals surface area contributed by atoms with Gasteiger partial charge in [-0.1, -0.05) is 0 Å². The molecule has 2 N–H and O–H groups in total. The Labute approximate surface area is 196 Å². The lowest BCUT2D eigenvalue weighted by Gasteiger charge is -2.19. The molecule has 8 heteroatoms. The van der Waals surface area contributed by atoms with Crippen LogP contribution in [-0.4, -0.2) is 33.7 Å². The van der Waals surface area contributed by atoms with Crippen molar-refractivity contribution in [3.05, 3.63) is 70.9 Å². The molecule has 3 heterocycles. The Morgan fingerprint density at radius 3 is 2.59 bits per heavy atom. The summed E-state index contributed by atoms with van der Waals surface area (Å²) in [7, 11) is 1.73. The van der Waals surface area contributed by atoms with E-state index in [1.54, 1.807) is 54.2 Å². The minimum atomic E-state index is -0.132. The lowest BCUT2D eigenvalue weighted by molar-refractivity contribution is -0.114. The smallest absolute Gasteiger partial charge is 0.250 e. The van der Waals surface area contributed by atoms with Gasteiger partial charge in [0.2, 0.25) is 11.5 Å². The summed E-state index contributed by atoms with van der Waals surface area (Å²) < 4.78 is 13.5. The van der Waals surface area contributed by atoms with E-state index in [9.17, 15) is 9.59 Å². The number of nitrogens with one attached hydrogen (secondary N) is 2. The normalized spacial score (nSPS) is 14.3. The first-order valence-corrected chi connectivity index (χ1v) is 11.3. The average molecular weight is 459 g/mol. The van der Waals surface area contributed by atoms with Crippen LogP contribution in [-0.2, 0) is 16.6 Å². The third kappa shape index (κ3) is 4.45. The van der Waals surface area contributed by atoms with E-state index in [2.05, 4.69) is 10.3 Å². The van der Waals surface area contributed by atoms with Gasteiger partial charge in [-0.25, -0.2) is 4.98 Å². The number of hydrogen-bond donors (Lipinski definition) is 2. The summed E-state index contributed by atoms with van der Waals surface area (Å²) in [5.41, 5.74) is 3.92. The molecule has 0 aliphatic carbocycles. The fourth-order valence-electron chi connectivity index (χ4n) is 4.25. The molecule has 2 aromatic carbocycles. The zero-order chi connectivity index (χ0) is 23.7. The Morgan fingerprint density at radius 1 is 1.12 bits per heavy atom. The second-order valence-electron chi connectivity index (χ2n) is 8.52. The topological polar surface area (TPSA) is 98.2 Å². The summed E-state index contributed by atoms with van der Waals surface area (Å²) in [6.07, 6.45) is 3.64. The fourth-order valence-corrected chi connectivity index (χ4v) is 4.25. The number of aromatic nitrogens is 3. The van der Waals surface area contributed by atoms with E-state index in [1.165, 1.54) is 6.92 Å². The second kappa shape index (κ2) is 9.15. The zero-order valence-corrected chi connectivity index (χ0v) is 19.1. The van der Waals surface area contributed by atoms with Gasteiger partial charge in [0.05, 0.1) is 5.52 Å². The van der Waals surface area contributed by atoms with Gasteiger partial charge in [-0.05, 0) is 55.3 Å². The molecule has 174 valence electrons. The zero-order valence-electron chi connectivity index (χ0n) is 19.1. The molecule has 1 fully saturated rings. The Kier molecular flexibility index (Phi) is 5.90. The van der Waals surface area contributed by atoms with Gasteiger partial charge in [0.15, 0.2) is 5.75 Å². The highest BCUT2D eigenvalue weighted by Crippen LogP contribution is 2.40. The van der Waals surface area contributed by atoms with Crippen LogP contribution in [0.15, 0.2) is 59.5 Å². The number of pyridine rings is 1. The van der Waals surface area contributed by atoms with Crippen LogP contribution in [0.5, 0.6) is 11.5 Å². The number of carbonyl (C=O) groups is 1. The Hall–Kier alpha value is -3.91. The van der Waals surface area contributed by atoms with E-state index in [1.807, 2.05) is 12.1 Å². The highest BCUT2D eigenvalue weighted by molar-refractivity contribution is 5.91. The SMILES string of the molecule is CC(=O)Nc1ccc(Oc2c(-c3ccc(=O)n(C)c3)ccc3[nH]c(C4CCOCC4)nc23)cc1. The van der Waals surface area contributed by atoms with Gasteiger partial charge >= 0.3 is 0 Å². The minimum Gasteiger partial charge on any atom is -0.454 e. The predicted octanol–water partition coefficient (Wildman–Crippen LogP) is 4.57. The van der Waals surface area contributed by atoms with Crippen LogP contribution >= 0.6 is 0 Å². The number of hydrogen-bond acceptors (Lipinski definition) is 5. The van der Waals surface area contributed by atoms with Gasteiger partial charge in [0.25, 0.3) is 0 Å². The third-order valence-corrected chi connectivity index (χ3v) is 6.03. The van der Waals surface area contributed by atoms with Crippen molar-refractivity contribution in [2.45, 2.75) is 25.7 Å². The molecule has 1 aliphatic heterocycles. The van der Waals surface area contributed by atoms with E-state index < -0.39 is 0 Å². The van der Waals surface area contributed by atoms with Crippen molar-refractivity contribution >= 4 is 22.6 Å². The number of rotatable bonds is 5. The quantitative estimate of drug-likeness (QED) is 0.456. The summed E-state index contributed by atoms with van der Waals surface area (Å²) in [5.74, 6) is 2.34. The Morgan fingerprint density at radius 2 is 1.88 bits per heavy atom. The summed E-state index contributed by atoms with van der Waals surface area (Å²) in [5, 5.41) is 2.76. The number of benzene rings is 2. The molecule has 0 unspecified atom stereocenters. The first-order chi connectivity index (χ1) is 16.5. The van der Waals surface area contributed by atoms with E-state index in [0.29, 0.717) is 23.1 Å². The predicted molar refractivity (Wildman–Crippen MR) is 130 cm³/mol. The number of imidazole rings is 1. The van der Waals surface area contributed by atoms with Crippen LogP contribution in [0.3, 0.4) is 0 Å². The molecule has 0 atom stereocenters. The maximum atomic E-state index is 12.0. The molecule has 0 spiro atoms. The van der Waals surface area contributed by atoms with Crippen molar-refractivity contribution in [2.75, 3.05) is 18.5 Å². The number of ether oxygens (including phenoxy) is 2. The first-order valence-electron chi connectivity index (χ1n) is 11.3. The van der Waals surface area contributed by atoms with E-state index in [4.69, 9.17) is 14.5 Å². The highest BCUT2D eigenvalue weighted by atomic mass is 16.5. The number of anilines is 1. The summed E-state index contributed by atoms with van der Waals surface area (Å²) in [6, 6.07) is 14.5. The second-order valence-corrected chi connectivity index (χ2v) is 8.52. The molecule has 2 aromatic heterocycles. The van der Waals surface area contributed by atoms with Gasteiger partial charge in [0, 0.05) is 62.2 Å². The molecule has 34 heavy (non-hydrogen) atoms. The minimum absolute atomic E-state index is 0.0811. The number of amides is 1. The number of aryl methyl sites for hydroxylation is 1. The van der Waals surface area contributed by atoms with Crippen LogP contribution in [0.25, 0.3) is 22.2 Å². The molecular formula is C26H26N4O4. The third-order valence-electron chi connectivity index (χ3n) is 6.03. The molecule has 5 rings (SSSR count). The van der Waals surface area contributed by atoms with E-state index in [-0.39, 0.29) is 11.5 Å². The molecule has 1 amide bonds. The molecule has 0 saturated carbocycles. The van der Waals surface area contributed by atoms with Crippen molar-refractivity contribution in [3.63, 3.8) is 0 Å². The van der Waals surface area contributed by atoms with E-state index in [0.717, 1.165) is 54.0 Å². The molecule has 4 aromatic rings. The van der Waals surface area contributed by atoms with Crippen LogP contribution in [0.1, 0.15) is 31.5 Å². The maximum Gasteiger partial charge on any atom is 0.250 e. The van der Waals surface area contributed by atoms with Crippen molar-refractivity contribution in [3.8, 4) is 22.6 Å². The van der Waals surface area contributed by atoms with Crippen LogP contribution in [0.4, 0.5) is 5.69 Å². The lowest BCUT2D eigenvalue weighted by atomic mass is 10.00. The fraction of sp³-hybridized carbons (Fsp3) is 0.269. The van der Waals surface area contributed by atoms with Crippen molar-refractivity contribution in [1.82, 2.24) is 14.5 Å². The Bertz CT molecular complexity index is 1400. The van der Waals surface area contributed by atoms with Crippen LogP contribution in [0.2, 0.25) is 0 Å². The first kappa shape index (κ1) is 21.9. The molecule has 1 saturated heterocycles. The molecule has 8 nitrogen and oxygen atoms in total. The number of carbonyl (C=O) groups excluding carboxylic acids is 1. The van der Waals surface area contributed by atoms with Crippen molar-refractivity contribution in [2.24, 2.45) is 7.05 Å². The molecule has 0 radical (unpaired) electrons. The Balaban J connectivity index is 1.60. The lowest BCUT2D eigenvalue weighted by Crippen LogP contribution is -2.15. The molecule has 1 aliphatic rings. The number of nitrogens with zero attached hydrogens (tertiary/aromatic N) is 2. The molecule has 0 bridgehead atoms. The van der Waals surface area contributed by atoms with Crippen molar-refractivity contribution in [1.29, 1.82) is 0 Å². The van der Waals surface area contributed by atoms with Gasteiger partial charge in [-0.3, -0.25) is 9.59 Å².